The fourth-order valence-corrected chi connectivity index (χ4v) is 2.85. The van der Waals surface area contributed by atoms with Gasteiger partial charge < -0.3 is 5.73 Å². The van der Waals surface area contributed by atoms with E-state index >= 15 is 0 Å². The number of nitrogens with two attached hydrogens (primary N) is 1. The molecule has 15 heavy (non-hydrogen) atoms. The van der Waals surface area contributed by atoms with E-state index in [0.29, 0.717) is 24.2 Å². The Labute approximate surface area is 92.6 Å². The van der Waals surface area contributed by atoms with Crippen LogP contribution in [0.5, 0.6) is 0 Å². The average Bonchev–Trinajstić information content (AvgIpc) is 3.09. The maximum Gasteiger partial charge on any atom is 0.136 e. The Morgan fingerprint density at radius 3 is 2.53 bits per heavy atom. The minimum absolute atomic E-state index is 0.308. The summed E-state index contributed by atoms with van der Waals surface area (Å²) >= 11 is 0. The average molecular weight is 209 g/mol. The lowest BCUT2D eigenvalue weighted by Gasteiger charge is -2.29. The smallest absolute Gasteiger partial charge is 0.136 e. The van der Waals surface area contributed by atoms with E-state index in [4.69, 9.17) is 5.73 Å². The van der Waals surface area contributed by atoms with Gasteiger partial charge in [-0.1, -0.05) is 25.7 Å². The molecule has 2 nitrogen and oxygen atoms in total. The van der Waals surface area contributed by atoms with Crippen LogP contribution >= 0.6 is 0 Å². The molecular formula is C13H23NO. The van der Waals surface area contributed by atoms with Gasteiger partial charge >= 0.3 is 0 Å². The highest BCUT2D eigenvalue weighted by Crippen LogP contribution is 2.36. The Bertz CT molecular complexity index is 223. The Balaban J connectivity index is 1.79. The van der Waals surface area contributed by atoms with E-state index in [2.05, 4.69) is 0 Å². The zero-order chi connectivity index (χ0) is 10.7. The van der Waals surface area contributed by atoms with Crippen LogP contribution in [0.15, 0.2) is 0 Å². The van der Waals surface area contributed by atoms with Crippen molar-refractivity contribution in [3.05, 3.63) is 0 Å². The molecule has 0 aromatic heterocycles. The van der Waals surface area contributed by atoms with Gasteiger partial charge in [-0.05, 0) is 37.6 Å². The molecule has 2 fully saturated rings. The lowest BCUT2D eigenvalue weighted by atomic mass is 9.76. The van der Waals surface area contributed by atoms with Gasteiger partial charge in [0.2, 0.25) is 0 Å². The Morgan fingerprint density at radius 1 is 1.13 bits per heavy atom. The number of rotatable bonds is 5. The highest BCUT2D eigenvalue weighted by Gasteiger charge is 2.30. The van der Waals surface area contributed by atoms with E-state index in [9.17, 15) is 4.79 Å². The minimum atomic E-state index is 0.308. The fourth-order valence-electron chi connectivity index (χ4n) is 2.85. The number of carbonyl (C=O) groups excluding carboxylic acids is 1. The number of carbonyl (C=O) groups is 1. The molecular weight excluding hydrogens is 186 g/mol. The molecule has 0 aromatic rings. The van der Waals surface area contributed by atoms with Crippen LogP contribution in [0.3, 0.4) is 0 Å². The summed E-state index contributed by atoms with van der Waals surface area (Å²) in [5.41, 5.74) is 5.75. The van der Waals surface area contributed by atoms with E-state index in [1.165, 1.54) is 32.1 Å². The second-order valence-electron chi connectivity index (χ2n) is 5.34. The van der Waals surface area contributed by atoms with Gasteiger partial charge in [0.05, 0.1) is 0 Å². The summed E-state index contributed by atoms with van der Waals surface area (Å²) in [7, 11) is 0. The zero-order valence-electron chi connectivity index (χ0n) is 9.58. The number of ketones is 1. The molecule has 0 aliphatic heterocycles. The van der Waals surface area contributed by atoms with Gasteiger partial charge in [0.25, 0.3) is 0 Å². The lowest BCUT2D eigenvalue weighted by Crippen LogP contribution is -2.32. The largest absolute Gasteiger partial charge is 0.330 e. The molecule has 0 heterocycles. The van der Waals surface area contributed by atoms with Crippen molar-refractivity contribution in [2.45, 2.75) is 51.4 Å². The molecule has 2 rings (SSSR count). The van der Waals surface area contributed by atoms with Crippen molar-refractivity contribution < 1.29 is 4.79 Å². The van der Waals surface area contributed by atoms with Gasteiger partial charge in [0, 0.05) is 12.3 Å². The second kappa shape index (κ2) is 5.11. The molecule has 2 aliphatic carbocycles. The van der Waals surface area contributed by atoms with Gasteiger partial charge in [-0.2, -0.15) is 0 Å². The molecule has 2 heteroatoms. The molecule has 86 valence electrons. The van der Waals surface area contributed by atoms with Crippen LogP contribution in [0, 0.1) is 17.8 Å². The van der Waals surface area contributed by atoms with E-state index in [0.717, 1.165) is 25.2 Å². The molecule has 0 spiro atoms. The number of Topliss-reactive ketones (excluding diaryl/α,β-unsaturated/α-hetero) is 1. The molecule has 0 aromatic carbocycles. The number of hydrogen-bond donors (Lipinski definition) is 1. The minimum Gasteiger partial charge on any atom is -0.330 e. The molecule has 2 atom stereocenters. The Kier molecular flexibility index (Phi) is 3.79. The molecule has 2 unspecified atom stereocenters. The first kappa shape index (κ1) is 11.1. The first-order chi connectivity index (χ1) is 7.31. The highest BCUT2D eigenvalue weighted by atomic mass is 16.1. The van der Waals surface area contributed by atoms with Crippen molar-refractivity contribution >= 4 is 5.78 Å². The molecule has 0 amide bonds. The van der Waals surface area contributed by atoms with Crippen LogP contribution in [-0.2, 0) is 4.79 Å². The van der Waals surface area contributed by atoms with Crippen LogP contribution in [0.1, 0.15) is 51.4 Å². The van der Waals surface area contributed by atoms with E-state index in [1.54, 1.807) is 0 Å². The third-order valence-electron chi connectivity index (χ3n) is 4.12. The predicted molar refractivity (Wildman–Crippen MR) is 61.5 cm³/mol. The fraction of sp³-hybridized carbons (Fsp3) is 0.923. The van der Waals surface area contributed by atoms with Gasteiger partial charge in [-0.25, -0.2) is 0 Å². The van der Waals surface area contributed by atoms with Crippen LogP contribution in [-0.4, -0.2) is 12.3 Å². The van der Waals surface area contributed by atoms with Crippen LogP contribution in [0.4, 0.5) is 0 Å². The van der Waals surface area contributed by atoms with Crippen molar-refractivity contribution in [1.29, 1.82) is 0 Å². The first-order valence-corrected chi connectivity index (χ1v) is 6.54. The molecule has 2 saturated carbocycles. The zero-order valence-corrected chi connectivity index (χ0v) is 9.58. The molecule has 0 bridgehead atoms. The van der Waals surface area contributed by atoms with Crippen molar-refractivity contribution in [1.82, 2.24) is 0 Å². The van der Waals surface area contributed by atoms with Crippen LogP contribution < -0.4 is 5.73 Å². The van der Waals surface area contributed by atoms with E-state index in [1.807, 2.05) is 0 Å². The molecule has 0 saturated heterocycles. The van der Waals surface area contributed by atoms with Gasteiger partial charge in [0.15, 0.2) is 0 Å². The standard InChI is InChI=1S/C13H23NO/c14-9-11-3-1-2-4-12(11)13(15)8-7-10-5-6-10/h10-12H,1-9,14H2. The summed E-state index contributed by atoms with van der Waals surface area (Å²) in [6.45, 7) is 0.708. The third-order valence-corrected chi connectivity index (χ3v) is 4.12. The Morgan fingerprint density at radius 2 is 1.87 bits per heavy atom. The van der Waals surface area contributed by atoms with Crippen molar-refractivity contribution in [3.63, 3.8) is 0 Å². The van der Waals surface area contributed by atoms with E-state index in [-0.39, 0.29) is 0 Å². The quantitative estimate of drug-likeness (QED) is 0.756. The van der Waals surface area contributed by atoms with Crippen LogP contribution in [0.25, 0.3) is 0 Å². The molecule has 2 aliphatic rings. The maximum absolute atomic E-state index is 12.0. The van der Waals surface area contributed by atoms with E-state index < -0.39 is 0 Å². The summed E-state index contributed by atoms with van der Waals surface area (Å²) in [6.07, 6.45) is 9.47. The highest BCUT2D eigenvalue weighted by molar-refractivity contribution is 5.81. The summed E-state index contributed by atoms with van der Waals surface area (Å²) in [5, 5.41) is 0. The van der Waals surface area contributed by atoms with Gasteiger partial charge in [-0.15, -0.1) is 0 Å². The first-order valence-electron chi connectivity index (χ1n) is 6.54. The van der Waals surface area contributed by atoms with Gasteiger partial charge in [-0.3, -0.25) is 4.79 Å². The third kappa shape index (κ3) is 3.04. The van der Waals surface area contributed by atoms with Crippen molar-refractivity contribution in [3.8, 4) is 0 Å². The molecule has 0 radical (unpaired) electrons. The number of hydrogen-bond acceptors (Lipinski definition) is 2. The Hall–Kier alpha value is -0.370. The maximum atomic E-state index is 12.0. The SMILES string of the molecule is NCC1CCCCC1C(=O)CCC1CC1. The normalized spacial score (nSPS) is 31.5. The van der Waals surface area contributed by atoms with Crippen molar-refractivity contribution in [2.75, 3.05) is 6.54 Å². The lowest BCUT2D eigenvalue weighted by molar-refractivity contribution is -0.125. The topological polar surface area (TPSA) is 43.1 Å². The summed E-state index contributed by atoms with van der Waals surface area (Å²) in [5.74, 6) is 2.19. The molecule has 2 N–H and O–H groups in total. The van der Waals surface area contributed by atoms with Crippen LogP contribution in [0.2, 0.25) is 0 Å². The summed E-state index contributed by atoms with van der Waals surface area (Å²) in [6, 6.07) is 0. The van der Waals surface area contributed by atoms with Gasteiger partial charge in [0.1, 0.15) is 5.78 Å². The van der Waals surface area contributed by atoms with Crippen molar-refractivity contribution in [2.24, 2.45) is 23.5 Å². The summed E-state index contributed by atoms with van der Waals surface area (Å²) in [4.78, 5) is 12.0. The summed E-state index contributed by atoms with van der Waals surface area (Å²) < 4.78 is 0. The monoisotopic (exact) mass is 209 g/mol. The second-order valence-corrected chi connectivity index (χ2v) is 5.34. The predicted octanol–water partition coefficient (Wildman–Crippen LogP) is 2.51.